The minimum absolute atomic E-state index is 0.151. The highest BCUT2D eigenvalue weighted by molar-refractivity contribution is 5.87. The van der Waals surface area contributed by atoms with E-state index in [2.05, 4.69) is 21.8 Å². The average molecular weight is 207 g/mol. The quantitative estimate of drug-likeness (QED) is 0.767. The van der Waals surface area contributed by atoms with Crippen LogP contribution < -0.4 is 0 Å². The summed E-state index contributed by atoms with van der Waals surface area (Å²) in [6, 6.07) is 0. The molecule has 0 amide bonds. The summed E-state index contributed by atoms with van der Waals surface area (Å²) in [6.45, 7) is 4.58. The van der Waals surface area contributed by atoms with Crippen LogP contribution in [0.5, 0.6) is 0 Å². The van der Waals surface area contributed by atoms with Gasteiger partial charge in [0.1, 0.15) is 6.33 Å². The van der Waals surface area contributed by atoms with Gasteiger partial charge in [-0.25, -0.2) is 14.8 Å². The van der Waals surface area contributed by atoms with E-state index in [4.69, 9.17) is 5.11 Å². The highest BCUT2D eigenvalue weighted by atomic mass is 16.4. The molecule has 0 atom stereocenters. The number of carboxylic acid groups (broad SMARTS) is 1. The summed E-state index contributed by atoms with van der Waals surface area (Å²) >= 11 is 0. The zero-order chi connectivity index (χ0) is 10.8. The first-order chi connectivity index (χ1) is 7.22. The van der Waals surface area contributed by atoms with Gasteiger partial charge in [-0.2, -0.15) is 0 Å². The largest absolute Gasteiger partial charge is 0.476 e. The van der Waals surface area contributed by atoms with Crippen molar-refractivity contribution < 1.29 is 9.90 Å². The van der Waals surface area contributed by atoms with E-state index < -0.39 is 5.97 Å². The second-order valence-electron chi connectivity index (χ2n) is 3.57. The Kier molecular flexibility index (Phi) is 2.64. The monoisotopic (exact) mass is 207 g/mol. The summed E-state index contributed by atoms with van der Waals surface area (Å²) in [5.74, 6) is -0.966. The maximum Gasteiger partial charge on any atom is 0.354 e. The Morgan fingerprint density at radius 3 is 3.07 bits per heavy atom. The Morgan fingerprint density at radius 2 is 2.40 bits per heavy atom. The van der Waals surface area contributed by atoms with Crippen LogP contribution in [0.25, 0.3) is 0 Å². The van der Waals surface area contributed by atoms with Gasteiger partial charge in [0.15, 0.2) is 5.69 Å². The number of nitrogens with zero attached hydrogens (tertiary/aromatic N) is 3. The van der Waals surface area contributed by atoms with Crippen LogP contribution in [0.3, 0.4) is 0 Å². The normalized spacial score (nSPS) is 16.1. The van der Waals surface area contributed by atoms with Gasteiger partial charge < -0.3 is 5.11 Å². The average Bonchev–Trinajstić information content (AvgIpc) is 2.27. The molecule has 1 aliphatic rings. The molecule has 15 heavy (non-hydrogen) atoms. The fourth-order valence-corrected chi connectivity index (χ4v) is 1.85. The van der Waals surface area contributed by atoms with Gasteiger partial charge in [-0.3, -0.25) is 4.90 Å². The minimum Gasteiger partial charge on any atom is -0.476 e. The van der Waals surface area contributed by atoms with Crippen LogP contribution in [0, 0.1) is 0 Å². The van der Waals surface area contributed by atoms with E-state index in [0.717, 1.165) is 30.8 Å². The zero-order valence-electron chi connectivity index (χ0n) is 8.60. The van der Waals surface area contributed by atoms with Crippen LogP contribution in [-0.2, 0) is 13.0 Å². The molecule has 0 spiro atoms. The SMILES string of the molecule is CCN1CCc2ncnc(C(=O)O)c2C1. The summed E-state index contributed by atoms with van der Waals surface area (Å²) in [6.07, 6.45) is 2.15. The number of carbonyl (C=O) groups is 1. The van der Waals surface area contributed by atoms with Gasteiger partial charge in [0, 0.05) is 25.1 Å². The summed E-state index contributed by atoms with van der Waals surface area (Å²) < 4.78 is 0. The number of rotatable bonds is 2. The lowest BCUT2D eigenvalue weighted by molar-refractivity contribution is 0.0686. The predicted molar refractivity (Wildman–Crippen MR) is 53.6 cm³/mol. The number of likely N-dealkylation sites (N-methyl/N-ethyl adjacent to an activating group) is 1. The fourth-order valence-electron chi connectivity index (χ4n) is 1.85. The van der Waals surface area contributed by atoms with Crippen molar-refractivity contribution >= 4 is 5.97 Å². The van der Waals surface area contributed by atoms with Crippen LogP contribution in [0.15, 0.2) is 6.33 Å². The van der Waals surface area contributed by atoms with E-state index in [-0.39, 0.29) is 5.69 Å². The molecule has 1 aromatic heterocycles. The van der Waals surface area contributed by atoms with Gasteiger partial charge in [-0.05, 0) is 6.54 Å². The molecule has 1 aliphatic heterocycles. The molecular weight excluding hydrogens is 194 g/mol. The summed E-state index contributed by atoms with van der Waals surface area (Å²) in [4.78, 5) is 21.1. The van der Waals surface area contributed by atoms with Crippen LogP contribution in [-0.4, -0.2) is 39.0 Å². The Bertz CT molecular complexity index is 392. The number of hydrogen-bond donors (Lipinski definition) is 1. The Balaban J connectivity index is 2.40. The van der Waals surface area contributed by atoms with Gasteiger partial charge in [0.2, 0.25) is 0 Å². The highest BCUT2D eigenvalue weighted by Gasteiger charge is 2.22. The molecule has 2 rings (SSSR count). The third-order valence-electron chi connectivity index (χ3n) is 2.73. The summed E-state index contributed by atoms with van der Waals surface area (Å²) in [5, 5.41) is 8.99. The molecule has 2 heterocycles. The van der Waals surface area contributed by atoms with Gasteiger partial charge in [0.05, 0.1) is 5.69 Å². The first-order valence-corrected chi connectivity index (χ1v) is 5.00. The van der Waals surface area contributed by atoms with Gasteiger partial charge in [-0.15, -0.1) is 0 Å². The summed E-state index contributed by atoms with van der Waals surface area (Å²) in [5.41, 5.74) is 1.81. The van der Waals surface area contributed by atoms with Crippen molar-refractivity contribution in [1.29, 1.82) is 0 Å². The van der Waals surface area contributed by atoms with Gasteiger partial charge in [-0.1, -0.05) is 6.92 Å². The molecule has 0 saturated heterocycles. The molecule has 5 heteroatoms. The minimum atomic E-state index is -0.966. The maximum atomic E-state index is 11.0. The Labute approximate surface area is 87.8 Å². The Hall–Kier alpha value is -1.49. The molecule has 0 aliphatic carbocycles. The van der Waals surface area contributed by atoms with E-state index in [1.165, 1.54) is 6.33 Å². The van der Waals surface area contributed by atoms with Crippen molar-refractivity contribution in [2.45, 2.75) is 19.9 Å². The smallest absolute Gasteiger partial charge is 0.354 e. The standard InChI is InChI=1S/C10H13N3O2/c1-2-13-4-3-8-7(5-13)9(10(14)15)12-6-11-8/h6H,2-5H2,1H3,(H,14,15). The van der Waals surface area contributed by atoms with Crippen molar-refractivity contribution in [2.24, 2.45) is 0 Å². The first kappa shape index (κ1) is 10.0. The molecule has 5 nitrogen and oxygen atoms in total. The lowest BCUT2D eigenvalue weighted by Crippen LogP contribution is -2.32. The van der Waals surface area contributed by atoms with Crippen LogP contribution >= 0.6 is 0 Å². The first-order valence-electron chi connectivity index (χ1n) is 5.00. The van der Waals surface area contributed by atoms with Crippen molar-refractivity contribution in [1.82, 2.24) is 14.9 Å². The van der Waals surface area contributed by atoms with Crippen LogP contribution in [0.2, 0.25) is 0 Å². The topological polar surface area (TPSA) is 66.3 Å². The Morgan fingerprint density at radius 1 is 1.60 bits per heavy atom. The molecule has 0 saturated carbocycles. The lowest BCUT2D eigenvalue weighted by atomic mass is 10.0. The number of aromatic carboxylic acids is 1. The second kappa shape index (κ2) is 3.94. The number of aromatic nitrogens is 2. The molecule has 80 valence electrons. The maximum absolute atomic E-state index is 11.0. The van der Waals surface area contributed by atoms with E-state index in [0.29, 0.717) is 6.54 Å². The molecule has 0 radical (unpaired) electrons. The summed E-state index contributed by atoms with van der Waals surface area (Å²) in [7, 11) is 0. The van der Waals surface area contributed by atoms with Crippen LogP contribution in [0.1, 0.15) is 28.7 Å². The second-order valence-corrected chi connectivity index (χ2v) is 3.57. The molecule has 1 N–H and O–H groups in total. The van der Waals surface area contributed by atoms with Crippen molar-refractivity contribution in [3.63, 3.8) is 0 Å². The third kappa shape index (κ3) is 1.83. The molecule has 1 aromatic rings. The number of carboxylic acids is 1. The molecule has 0 fully saturated rings. The van der Waals surface area contributed by atoms with E-state index >= 15 is 0 Å². The highest BCUT2D eigenvalue weighted by Crippen LogP contribution is 2.18. The van der Waals surface area contributed by atoms with Crippen LogP contribution in [0.4, 0.5) is 0 Å². The molecule has 0 unspecified atom stereocenters. The lowest BCUT2D eigenvalue weighted by Gasteiger charge is -2.27. The van der Waals surface area contributed by atoms with Gasteiger partial charge in [0.25, 0.3) is 0 Å². The number of hydrogen-bond acceptors (Lipinski definition) is 4. The van der Waals surface area contributed by atoms with Crippen molar-refractivity contribution in [3.8, 4) is 0 Å². The zero-order valence-corrected chi connectivity index (χ0v) is 8.60. The fraction of sp³-hybridized carbons (Fsp3) is 0.500. The number of fused-ring (bicyclic) bond motifs is 1. The van der Waals surface area contributed by atoms with Crippen molar-refractivity contribution in [2.75, 3.05) is 13.1 Å². The molecule has 0 aromatic carbocycles. The van der Waals surface area contributed by atoms with E-state index in [1.54, 1.807) is 0 Å². The molecular formula is C10H13N3O2. The van der Waals surface area contributed by atoms with E-state index in [1.807, 2.05) is 0 Å². The third-order valence-corrected chi connectivity index (χ3v) is 2.73. The predicted octanol–water partition coefficient (Wildman–Crippen LogP) is 0.553. The van der Waals surface area contributed by atoms with Gasteiger partial charge >= 0.3 is 5.97 Å². The molecule has 0 bridgehead atoms. The van der Waals surface area contributed by atoms with E-state index in [9.17, 15) is 4.79 Å². The van der Waals surface area contributed by atoms with Crippen molar-refractivity contribution in [3.05, 3.63) is 23.3 Å².